The molecule has 26 heavy (non-hydrogen) atoms. The molecule has 0 saturated heterocycles. The second-order valence-corrected chi connectivity index (χ2v) is 5.44. The molecule has 0 aliphatic heterocycles. The standard InChI is InChI=1S/C20H19N3O3/c1-25-16-8-3-6-14(12-16)22-19-18(10-5-11-21-19)20(24)23-15-7-4-9-17(13-15)26-2/h3-13H,1-2H3,(H,21,22)(H,23,24). The van der Waals surface area contributed by atoms with Crippen LogP contribution in [0.3, 0.4) is 0 Å². The molecule has 2 N–H and O–H groups in total. The van der Waals surface area contributed by atoms with Crippen molar-refractivity contribution in [3.8, 4) is 11.5 Å². The third-order valence-corrected chi connectivity index (χ3v) is 3.71. The summed E-state index contributed by atoms with van der Waals surface area (Å²) in [4.78, 5) is 17.0. The predicted molar refractivity (Wildman–Crippen MR) is 101 cm³/mol. The molecular weight excluding hydrogens is 330 g/mol. The van der Waals surface area contributed by atoms with Gasteiger partial charge in [-0.1, -0.05) is 12.1 Å². The van der Waals surface area contributed by atoms with Crippen LogP contribution in [0, 0.1) is 0 Å². The van der Waals surface area contributed by atoms with Gasteiger partial charge in [-0.3, -0.25) is 4.79 Å². The fourth-order valence-corrected chi connectivity index (χ4v) is 2.42. The minimum atomic E-state index is -0.267. The van der Waals surface area contributed by atoms with Crippen molar-refractivity contribution in [2.75, 3.05) is 24.9 Å². The van der Waals surface area contributed by atoms with E-state index in [1.54, 1.807) is 44.7 Å². The van der Waals surface area contributed by atoms with E-state index in [0.717, 1.165) is 5.69 Å². The first-order valence-corrected chi connectivity index (χ1v) is 8.01. The average molecular weight is 349 g/mol. The Hall–Kier alpha value is -3.54. The van der Waals surface area contributed by atoms with Crippen molar-refractivity contribution in [3.63, 3.8) is 0 Å². The van der Waals surface area contributed by atoms with Crippen LogP contribution in [-0.2, 0) is 0 Å². The Labute approximate surface area is 151 Å². The number of ether oxygens (including phenoxy) is 2. The number of methoxy groups -OCH3 is 2. The molecule has 1 amide bonds. The van der Waals surface area contributed by atoms with E-state index in [2.05, 4.69) is 15.6 Å². The highest BCUT2D eigenvalue weighted by Gasteiger charge is 2.13. The second-order valence-electron chi connectivity index (χ2n) is 5.44. The number of nitrogens with one attached hydrogen (secondary N) is 2. The van der Waals surface area contributed by atoms with Crippen molar-refractivity contribution in [3.05, 3.63) is 72.4 Å². The Morgan fingerprint density at radius 2 is 1.54 bits per heavy atom. The van der Waals surface area contributed by atoms with Crippen molar-refractivity contribution in [1.82, 2.24) is 4.98 Å². The van der Waals surface area contributed by atoms with Gasteiger partial charge in [0.25, 0.3) is 5.91 Å². The third-order valence-electron chi connectivity index (χ3n) is 3.71. The Balaban J connectivity index is 1.82. The molecule has 3 rings (SSSR count). The summed E-state index contributed by atoms with van der Waals surface area (Å²) in [5.74, 6) is 1.58. The lowest BCUT2D eigenvalue weighted by atomic mass is 10.2. The number of aromatic nitrogens is 1. The summed E-state index contributed by atoms with van der Waals surface area (Å²) < 4.78 is 10.4. The van der Waals surface area contributed by atoms with Gasteiger partial charge in [0, 0.05) is 29.7 Å². The van der Waals surface area contributed by atoms with Gasteiger partial charge in [0.1, 0.15) is 17.3 Å². The molecule has 3 aromatic rings. The summed E-state index contributed by atoms with van der Waals surface area (Å²) in [7, 11) is 3.19. The van der Waals surface area contributed by atoms with Gasteiger partial charge in [0.2, 0.25) is 0 Å². The Kier molecular flexibility index (Phi) is 5.34. The van der Waals surface area contributed by atoms with E-state index in [0.29, 0.717) is 28.6 Å². The number of carbonyl (C=O) groups excluding carboxylic acids is 1. The van der Waals surface area contributed by atoms with Crippen molar-refractivity contribution in [2.45, 2.75) is 0 Å². The number of hydrogen-bond acceptors (Lipinski definition) is 5. The lowest BCUT2D eigenvalue weighted by Gasteiger charge is -2.12. The molecule has 1 heterocycles. The normalized spacial score (nSPS) is 10.1. The van der Waals surface area contributed by atoms with Crippen LogP contribution in [0.15, 0.2) is 66.9 Å². The maximum Gasteiger partial charge on any atom is 0.259 e. The zero-order valence-corrected chi connectivity index (χ0v) is 14.5. The highest BCUT2D eigenvalue weighted by molar-refractivity contribution is 6.07. The fraction of sp³-hybridized carbons (Fsp3) is 0.100. The molecule has 0 atom stereocenters. The van der Waals surface area contributed by atoms with Crippen LogP contribution in [-0.4, -0.2) is 25.1 Å². The first-order chi connectivity index (χ1) is 12.7. The number of carbonyl (C=O) groups is 1. The van der Waals surface area contributed by atoms with E-state index < -0.39 is 0 Å². The molecule has 0 radical (unpaired) electrons. The number of pyridine rings is 1. The van der Waals surface area contributed by atoms with Crippen LogP contribution in [0.25, 0.3) is 0 Å². The maximum atomic E-state index is 12.7. The molecule has 0 bridgehead atoms. The van der Waals surface area contributed by atoms with Crippen LogP contribution in [0.4, 0.5) is 17.2 Å². The third kappa shape index (κ3) is 4.10. The summed E-state index contributed by atoms with van der Waals surface area (Å²) in [6, 6.07) is 18.0. The molecule has 0 spiro atoms. The molecule has 132 valence electrons. The van der Waals surface area contributed by atoms with Crippen LogP contribution in [0.5, 0.6) is 11.5 Å². The molecule has 6 nitrogen and oxygen atoms in total. The molecule has 6 heteroatoms. The topological polar surface area (TPSA) is 72.5 Å². The number of nitrogens with zero attached hydrogens (tertiary/aromatic N) is 1. The van der Waals surface area contributed by atoms with Crippen molar-refractivity contribution < 1.29 is 14.3 Å². The Bertz CT molecular complexity index is 912. The molecule has 1 aromatic heterocycles. The Morgan fingerprint density at radius 1 is 0.885 bits per heavy atom. The minimum Gasteiger partial charge on any atom is -0.497 e. The second kappa shape index (κ2) is 8.02. The van der Waals surface area contributed by atoms with Gasteiger partial charge in [0.15, 0.2) is 0 Å². The number of benzene rings is 2. The number of amides is 1. The zero-order valence-electron chi connectivity index (χ0n) is 14.5. The van der Waals surface area contributed by atoms with E-state index in [4.69, 9.17) is 9.47 Å². The highest BCUT2D eigenvalue weighted by atomic mass is 16.5. The molecule has 0 saturated carbocycles. The maximum absolute atomic E-state index is 12.7. The summed E-state index contributed by atoms with van der Waals surface area (Å²) in [6.07, 6.45) is 1.63. The van der Waals surface area contributed by atoms with E-state index >= 15 is 0 Å². The molecule has 0 aliphatic rings. The fourth-order valence-electron chi connectivity index (χ4n) is 2.42. The summed E-state index contributed by atoms with van der Waals surface area (Å²) in [6.45, 7) is 0. The first-order valence-electron chi connectivity index (χ1n) is 8.01. The largest absolute Gasteiger partial charge is 0.497 e. The van der Waals surface area contributed by atoms with Gasteiger partial charge in [-0.05, 0) is 36.4 Å². The number of hydrogen-bond donors (Lipinski definition) is 2. The van der Waals surface area contributed by atoms with Gasteiger partial charge in [0.05, 0.1) is 19.8 Å². The summed E-state index contributed by atoms with van der Waals surface area (Å²) >= 11 is 0. The summed E-state index contributed by atoms with van der Waals surface area (Å²) in [5.41, 5.74) is 1.85. The molecule has 2 aromatic carbocycles. The van der Waals surface area contributed by atoms with Crippen molar-refractivity contribution in [1.29, 1.82) is 0 Å². The average Bonchev–Trinajstić information content (AvgIpc) is 2.68. The van der Waals surface area contributed by atoms with E-state index in [-0.39, 0.29) is 5.91 Å². The summed E-state index contributed by atoms with van der Waals surface area (Å²) in [5, 5.41) is 6.02. The van der Waals surface area contributed by atoms with Gasteiger partial charge < -0.3 is 20.1 Å². The van der Waals surface area contributed by atoms with Gasteiger partial charge in [-0.2, -0.15) is 0 Å². The SMILES string of the molecule is COc1cccc(NC(=O)c2cccnc2Nc2cccc(OC)c2)c1. The van der Waals surface area contributed by atoms with Crippen LogP contribution < -0.4 is 20.1 Å². The molecule has 0 aliphatic carbocycles. The first kappa shape index (κ1) is 17.3. The van der Waals surface area contributed by atoms with E-state index in [1.165, 1.54) is 0 Å². The van der Waals surface area contributed by atoms with Gasteiger partial charge in [-0.15, -0.1) is 0 Å². The van der Waals surface area contributed by atoms with E-state index in [9.17, 15) is 4.79 Å². The van der Waals surface area contributed by atoms with E-state index in [1.807, 2.05) is 36.4 Å². The quantitative estimate of drug-likeness (QED) is 0.701. The van der Waals surface area contributed by atoms with Crippen molar-refractivity contribution in [2.24, 2.45) is 0 Å². The smallest absolute Gasteiger partial charge is 0.259 e. The minimum absolute atomic E-state index is 0.267. The van der Waals surface area contributed by atoms with Crippen molar-refractivity contribution >= 4 is 23.1 Å². The molecule has 0 unspecified atom stereocenters. The Morgan fingerprint density at radius 3 is 2.23 bits per heavy atom. The van der Waals surface area contributed by atoms with Crippen LogP contribution in [0.1, 0.15) is 10.4 Å². The number of rotatable bonds is 6. The lowest BCUT2D eigenvalue weighted by Crippen LogP contribution is -2.14. The molecule has 0 fully saturated rings. The van der Waals surface area contributed by atoms with Crippen LogP contribution in [0.2, 0.25) is 0 Å². The van der Waals surface area contributed by atoms with Gasteiger partial charge >= 0.3 is 0 Å². The predicted octanol–water partition coefficient (Wildman–Crippen LogP) is 4.09. The monoisotopic (exact) mass is 349 g/mol. The van der Waals surface area contributed by atoms with Crippen LogP contribution >= 0.6 is 0 Å². The lowest BCUT2D eigenvalue weighted by molar-refractivity contribution is 0.102. The van der Waals surface area contributed by atoms with Gasteiger partial charge in [-0.25, -0.2) is 4.98 Å². The highest BCUT2D eigenvalue weighted by Crippen LogP contribution is 2.23. The zero-order chi connectivity index (χ0) is 18.4. The molecular formula is C20H19N3O3. The number of anilines is 3.